The van der Waals surface area contributed by atoms with Gasteiger partial charge in [-0.25, -0.2) is 9.50 Å². The number of nitrogens with zero attached hydrogens (tertiary/aromatic N) is 3. The second-order valence-electron chi connectivity index (χ2n) is 8.17. The van der Waals surface area contributed by atoms with Crippen molar-refractivity contribution in [3.8, 4) is 22.4 Å². The molecular formula is C25H24ClN3. The van der Waals surface area contributed by atoms with Crippen LogP contribution in [-0.2, 0) is 12.8 Å². The number of halogens is 1. The summed E-state index contributed by atoms with van der Waals surface area (Å²) in [4.78, 5) is 5.16. The Bertz CT molecular complexity index is 1170. The number of hydrogen-bond donors (Lipinski definition) is 0. The molecule has 0 saturated carbocycles. The maximum Gasteiger partial charge on any atom is 0.163 e. The minimum Gasteiger partial charge on any atom is -0.228 e. The lowest BCUT2D eigenvalue weighted by Crippen LogP contribution is -2.13. The van der Waals surface area contributed by atoms with Crippen molar-refractivity contribution in [3.05, 3.63) is 76.6 Å². The molecule has 4 aromatic rings. The lowest BCUT2D eigenvalue weighted by molar-refractivity contribution is 0.642. The second kappa shape index (κ2) is 7.31. The third kappa shape index (κ3) is 3.24. The van der Waals surface area contributed by atoms with Gasteiger partial charge >= 0.3 is 0 Å². The van der Waals surface area contributed by atoms with Gasteiger partial charge in [0.25, 0.3) is 0 Å². The average Bonchev–Trinajstić information content (AvgIpc) is 3.18. The van der Waals surface area contributed by atoms with Gasteiger partial charge in [-0.15, -0.1) is 0 Å². The lowest BCUT2D eigenvalue weighted by atomic mass is 9.91. The van der Waals surface area contributed by atoms with Crippen LogP contribution in [0.3, 0.4) is 0 Å². The van der Waals surface area contributed by atoms with Crippen LogP contribution in [0.1, 0.15) is 49.4 Å². The van der Waals surface area contributed by atoms with Gasteiger partial charge < -0.3 is 0 Å². The minimum atomic E-state index is 0.528. The predicted octanol–water partition coefficient (Wildman–Crippen LogP) is 6.72. The third-order valence-corrected chi connectivity index (χ3v) is 6.20. The fraction of sp³-hybridized carbons (Fsp3) is 0.280. The smallest absolute Gasteiger partial charge is 0.163 e. The number of hydrogen-bond acceptors (Lipinski definition) is 2. The number of aromatic nitrogens is 3. The molecule has 0 spiro atoms. The zero-order valence-electron chi connectivity index (χ0n) is 16.8. The van der Waals surface area contributed by atoms with E-state index in [9.17, 15) is 0 Å². The van der Waals surface area contributed by atoms with Crippen LogP contribution < -0.4 is 0 Å². The molecule has 0 amide bonds. The van der Waals surface area contributed by atoms with Crippen LogP contribution in [0.15, 0.2) is 54.7 Å². The highest BCUT2D eigenvalue weighted by Crippen LogP contribution is 2.34. The zero-order valence-corrected chi connectivity index (χ0v) is 17.6. The van der Waals surface area contributed by atoms with Crippen LogP contribution >= 0.6 is 11.6 Å². The highest BCUT2D eigenvalue weighted by Gasteiger charge is 2.22. The van der Waals surface area contributed by atoms with Gasteiger partial charge in [-0.1, -0.05) is 61.8 Å². The fourth-order valence-electron chi connectivity index (χ4n) is 4.30. The van der Waals surface area contributed by atoms with Crippen molar-refractivity contribution in [1.29, 1.82) is 0 Å². The lowest BCUT2D eigenvalue weighted by Gasteiger charge is -2.20. The van der Waals surface area contributed by atoms with Gasteiger partial charge in [-0.3, -0.25) is 0 Å². The summed E-state index contributed by atoms with van der Waals surface area (Å²) in [5.74, 6) is 0.528. The van der Waals surface area contributed by atoms with Gasteiger partial charge in [0, 0.05) is 27.4 Å². The first-order valence-electron chi connectivity index (χ1n) is 10.4. The molecule has 5 rings (SSSR count). The maximum atomic E-state index is 6.09. The molecule has 2 heterocycles. The Hall–Kier alpha value is -2.65. The van der Waals surface area contributed by atoms with Gasteiger partial charge in [-0.2, -0.15) is 5.10 Å². The predicted molar refractivity (Wildman–Crippen MR) is 120 cm³/mol. The molecule has 146 valence electrons. The van der Waals surface area contributed by atoms with Crippen LogP contribution in [0.25, 0.3) is 28.0 Å². The van der Waals surface area contributed by atoms with Crippen LogP contribution in [0, 0.1) is 0 Å². The first-order chi connectivity index (χ1) is 14.1. The maximum absolute atomic E-state index is 6.09. The van der Waals surface area contributed by atoms with E-state index >= 15 is 0 Å². The summed E-state index contributed by atoms with van der Waals surface area (Å²) in [5.41, 5.74) is 9.39. The second-order valence-corrected chi connectivity index (χ2v) is 8.61. The summed E-state index contributed by atoms with van der Waals surface area (Å²) < 4.78 is 2.06. The highest BCUT2D eigenvalue weighted by atomic mass is 35.5. The summed E-state index contributed by atoms with van der Waals surface area (Å²) in [6.07, 6.45) is 6.46. The molecule has 3 nitrogen and oxygen atoms in total. The summed E-state index contributed by atoms with van der Waals surface area (Å²) in [5, 5.41) is 5.46. The normalized spacial score (nSPS) is 13.8. The van der Waals surface area contributed by atoms with E-state index in [1.807, 2.05) is 30.5 Å². The van der Waals surface area contributed by atoms with Crippen molar-refractivity contribution in [1.82, 2.24) is 14.6 Å². The van der Waals surface area contributed by atoms with Crippen LogP contribution in [0.5, 0.6) is 0 Å². The van der Waals surface area contributed by atoms with Crippen molar-refractivity contribution in [2.75, 3.05) is 0 Å². The van der Waals surface area contributed by atoms with E-state index in [1.165, 1.54) is 35.2 Å². The molecule has 0 unspecified atom stereocenters. The van der Waals surface area contributed by atoms with E-state index in [4.69, 9.17) is 21.7 Å². The quantitative estimate of drug-likeness (QED) is 0.381. The van der Waals surface area contributed by atoms with Crippen molar-refractivity contribution >= 4 is 17.2 Å². The molecule has 0 saturated heterocycles. The van der Waals surface area contributed by atoms with Gasteiger partial charge in [0.2, 0.25) is 0 Å². The SMILES string of the molecule is CC(C)c1ccc(-c2nc3c(-c4ccc(Cl)cc4)cnn3c3c2CCCC3)cc1. The Morgan fingerprint density at radius 1 is 0.897 bits per heavy atom. The van der Waals surface area contributed by atoms with Crippen molar-refractivity contribution in [2.24, 2.45) is 0 Å². The molecule has 4 heteroatoms. The van der Waals surface area contributed by atoms with Gasteiger partial charge in [-0.05, 0) is 54.9 Å². The Kier molecular flexibility index (Phi) is 4.63. The van der Waals surface area contributed by atoms with Gasteiger partial charge in [0.15, 0.2) is 5.65 Å². The minimum absolute atomic E-state index is 0.528. The van der Waals surface area contributed by atoms with E-state index in [-0.39, 0.29) is 0 Å². The number of aryl methyl sites for hydroxylation is 1. The third-order valence-electron chi connectivity index (χ3n) is 5.95. The number of rotatable bonds is 3. The Morgan fingerprint density at radius 2 is 1.59 bits per heavy atom. The highest BCUT2D eigenvalue weighted by molar-refractivity contribution is 6.30. The molecule has 1 aliphatic carbocycles. The first kappa shape index (κ1) is 18.4. The Labute approximate surface area is 176 Å². The van der Waals surface area contributed by atoms with Gasteiger partial charge in [0.05, 0.1) is 11.9 Å². The molecule has 2 aromatic carbocycles. The molecule has 0 atom stereocenters. The summed E-state index contributed by atoms with van der Waals surface area (Å²) >= 11 is 6.09. The molecule has 0 radical (unpaired) electrons. The number of benzene rings is 2. The van der Waals surface area contributed by atoms with E-state index in [2.05, 4.69) is 42.6 Å². The van der Waals surface area contributed by atoms with E-state index < -0.39 is 0 Å². The topological polar surface area (TPSA) is 30.2 Å². The van der Waals surface area contributed by atoms with Gasteiger partial charge in [0.1, 0.15) is 0 Å². The molecule has 0 aliphatic heterocycles. The summed E-state index contributed by atoms with van der Waals surface area (Å²) in [6, 6.07) is 16.8. The number of fused-ring (bicyclic) bond motifs is 3. The Balaban J connectivity index is 1.72. The van der Waals surface area contributed by atoms with E-state index in [0.717, 1.165) is 40.3 Å². The molecule has 29 heavy (non-hydrogen) atoms. The van der Waals surface area contributed by atoms with Crippen LogP contribution in [-0.4, -0.2) is 14.6 Å². The van der Waals surface area contributed by atoms with Crippen molar-refractivity contribution in [2.45, 2.75) is 45.4 Å². The molecule has 0 bridgehead atoms. The van der Waals surface area contributed by atoms with Crippen LogP contribution in [0.2, 0.25) is 5.02 Å². The fourth-order valence-corrected chi connectivity index (χ4v) is 4.42. The van der Waals surface area contributed by atoms with Crippen molar-refractivity contribution < 1.29 is 0 Å². The molecule has 0 N–H and O–H groups in total. The monoisotopic (exact) mass is 401 g/mol. The summed E-state index contributed by atoms with van der Waals surface area (Å²) in [6.45, 7) is 4.46. The Morgan fingerprint density at radius 3 is 2.31 bits per heavy atom. The zero-order chi connectivity index (χ0) is 20.0. The summed E-state index contributed by atoms with van der Waals surface area (Å²) in [7, 11) is 0. The molecule has 0 fully saturated rings. The van der Waals surface area contributed by atoms with Crippen molar-refractivity contribution in [3.63, 3.8) is 0 Å². The molecule has 1 aliphatic rings. The van der Waals surface area contributed by atoms with Crippen LogP contribution in [0.4, 0.5) is 0 Å². The molecule has 2 aromatic heterocycles. The average molecular weight is 402 g/mol. The first-order valence-corrected chi connectivity index (χ1v) is 10.8. The van der Waals surface area contributed by atoms with E-state index in [0.29, 0.717) is 5.92 Å². The largest absolute Gasteiger partial charge is 0.228 e. The standard InChI is InChI=1S/C25H24ClN3/c1-16(2)17-7-9-19(10-8-17)24-21-5-3-4-6-23(21)29-25(28-24)22(15-27-29)18-11-13-20(26)14-12-18/h7-16H,3-6H2,1-2H3. The molecular weight excluding hydrogens is 378 g/mol. The van der Waals surface area contributed by atoms with E-state index in [1.54, 1.807) is 0 Å².